The number of nitrogens with one attached hydrogen (secondary N) is 1. The number of hydrogen-bond acceptors (Lipinski definition) is 3. The van der Waals surface area contributed by atoms with Crippen molar-refractivity contribution in [2.75, 3.05) is 0 Å². The maximum Gasteiger partial charge on any atom is 0.244 e. The first kappa shape index (κ1) is 19.9. The second-order valence-electron chi connectivity index (χ2n) is 6.76. The molecule has 0 unspecified atom stereocenters. The van der Waals surface area contributed by atoms with Gasteiger partial charge in [-0.15, -0.1) is 0 Å². The summed E-state index contributed by atoms with van der Waals surface area (Å²) in [6, 6.07) is 10.2. The van der Waals surface area contributed by atoms with Crippen LogP contribution in [0.25, 0.3) is 6.08 Å². The summed E-state index contributed by atoms with van der Waals surface area (Å²) in [5.74, 6) is -0.186. The summed E-state index contributed by atoms with van der Waals surface area (Å²) < 4.78 is 3.56. The van der Waals surface area contributed by atoms with Gasteiger partial charge in [0.05, 0.1) is 17.9 Å². The van der Waals surface area contributed by atoms with E-state index in [1.807, 2.05) is 43.7 Å². The predicted octanol–water partition coefficient (Wildman–Crippen LogP) is 3.57. The van der Waals surface area contributed by atoms with Gasteiger partial charge >= 0.3 is 0 Å². The van der Waals surface area contributed by atoms with Crippen LogP contribution in [0.5, 0.6) is 0 Å². The molecule has 1 aromatic carbocycles. The third-order valence-electron chi connectivity index (χ3n) is 4.74. The Morgan fingerprint density at radius 2 is 1.86 bits per heavy atom. The Morgan fingerprint density at radius 3 is 2.50 bits per heavy atom. The van der Waals surface area contributed by atoms with Crippen LogP contribution in [0.3, 0.4) is 0 Å². The van der Waals surface area contributed by atoms with E-state index in [1.54, 1.807) is 17.8 Å². The molecule has 146 valence electrons. The quantitative estimate of drug-likeness (QED) is 0.646. The number of benzene rings is 1. The minimum Gasteiger partial charge on any atom is -0.348 e. The lowest BCUT2D eigenvalue weighted by atomic mass is 10.2. The summed E-state index contributed by atoms with van der Waals surface area (Å²) in [6.45, 7) is 6.98. The number of amides is 1. The molecule has 28 heavy (non-hydrogen) atoms. The molecular weight excluding hydrogens is 374 g/mol. The lowest BCUT2D eigenvalue weighted by Gasteiger charge is -2.06. The average molecular weight is 398 g/mol. The minimum atomic E-state index is -0.186. The summed E-state index contributed by atoms with van der Waals surface area (Å²) in [6.07, 6.45) is 3.17. The molecule has 2 aromatic heterocycles. The smallest absolute Gasteiger partial charge is 0.244 e. The Kier molecular flexibility index (Phi) is 5.99. The van der Waals surface area contributed by atoms with Crippen LogP contribution in [0.1, 0.15) is 33.8 Å². The molecule has 3 aromatic rings. The zero-order valence-electron chi connectivity index (χ0n) is 16.5. The SMILES string of the molecule is Cc1nn(C)c(Cl)c1/C=C/C(=O)NCc1c(C)nn(Cc2ccccc2)c1C. The summed E-state index contributed by atoms with van der Waals surface area (Å²) in [5.41, 5.74) is 5.73. The molecule has 0 radical (unpaired) electrons. The largest absolute Gasteiger partial charge is 0.348 e. The molecule has 6 nitrogen and oxygen atoms in total. The summed E-state index contributed by atoms with van der Waals surface area (Å²) in [4.78, 5) is 12.2. The van der Waals surface area contributed by atoms with Crippen molar-refractivity contribution in [3.05, 3.63) is 75.3 Å². The van der Waals surface area contributed by atoms with Gasteiger partial charge in [0, 0.05) is 36.5 Å². The van der Waals surface area contributed by atoms with Crippen molar-refractivity contribution in [1.82, 2.24) is 24.9 Å². The fourth-order valence-electron chi connectivity index (χ4n) is 3.13. The van der Waals surface area contributed by atoms with Crippen molar-refractivity contribution < 1.29 is 4.79 Å². The number of aromatic nitrogens is 4. The van der Waals surface area contributed by atoms with Gasteiger partial charge in [-0.05, 0) is 32.4 Å². The fourth-order valence-corrected chi connectivity index (χ4v) is 3.37. The van der Waals surface area contributed by atoms with Crippen molar-refractivity contribution in [3.63, 3.8) is 0 Å². The maximum atomic E-state index is 12.2. The Labute approximate surface area is 169 Å². The van der Waals surface area contributed by atoms with E-state index in [2.05, 4.69) is 27.6 Å². The molecule has 0 saturated carbocycles. The lowest BCUT2D eigenvalue weighted by molar-refractivity contribution is -0.116. The third-order valence-corrected chi connectivity index (χ3v) is 5.19. The van der Waals surface area contributed by atoms with Crippen LogP contribution in [0.15, 0.2) is 36.4 Å². The van der Waals surface area contributed by atoms with E-state index in [0.717, 1.165) is 28.2 Å². The van der Waals surface area contributed by atoms with Gasteiger partial charge in [-0.3, -0.25) is 14.2 Å². The van der Waals surface area contributed by atoms with E-state index >= 15 is 0 Å². The number of rotatable bonds is 6. The van der Waals surface area contributed by atoms with Gasteiger partial charge in [-0.25, -0.2) is 0 Å². The van der Waals surface area contributed by atoms with Gasteiger partial charge in [0.1, 0.15) is 5.15 Å². The van der Waals surface area contributed by atoms with Crippen LogP contribution in [0, 0.1) is 20.8 Å². The molecule has 2 heterocycles. The van der Waals surface area contributed by atoms with Crippen LogP contribution in [0.4, 0.5) is 0 Å². The van der Waals surface area contributed by atoms with Crippen LogP contribution < -0.4 is 5.32 Å². The van der Waals surface area contributed by atoms with Gasteiger partial charge < -0.3 is 5.32 Å². The molecule has 7 heteroatoms. The Bertz CT molecular complexity index is 1020. The predicted molar refractivity (Wildman–Crippen MR) is 111 cm³/mol. The third kappa shape index (κ3) is 4.34. The summed E-state index contributed by atoms with van der Waals surface area (Å²) in [5, 5.41) is 12.3. The molecule has 0 aliphatic rings. The molecule has 0 aliphatic carbocycles. The molecule has 0 saturated heterocycles. The Balaban J connectivity index is 1.66. The average Bonchev–Trinajstić information content (AvgIpc) is 3.07. The zero-order chi connectivity index (χ0) is 20.3. The second-order valence-corrected chi connectivity index (χ2v) is 7.12. The van der Waals surface area contributed by atoms with Gasteiger partial charge in [0.15, 0.2) is 0 Å². The Hall–Kier alpha value is -2.86. The van der Waals surface area contributed by atoms with E-state index in [-0.39, 0.29) is 5.91 Å². The second kappa shape index (κ2) is 8.44. The molecule has 0 atom stereocenters. The van der Waals surface area contributed by atoms with E-state index in [9.17, 15) is 4.79 Å². The van der Waals surface area contributed by atoms with Gasteiger partial charge in [0.25, 0.3) is 0 Å². The normalized spacial score (nSPS) is 11.3. The van der Waals surface area contributed by atoms with Crippen molar-refractivity contribution in [1.29, 1.82) is 0 Å². The van der Waals surface area contributed by atoms with E-state index in [4.69, 9.17) is 11.6 Å². The molecule has 0 aliphatic heterocycles. The van der Waals surface area contributed by atoms with Crippen molar-refractivity contribution >= 4 is 23.6 Å². The maximum absolute atomic E-state index is 12.2. The molecule has 3 rings (SSSR count). The highest BCUT2D eigenvalue weighted by Crippen LogP contribution is 2.20. The van der Waals surface area contributed by atoms with Crippen LogP contribution in [-0.2, 0) is 24.9 Å². The number of nitrogens with zero attached hydrogens (tertiary/aromatic N) is 4. The summed E-state index contributed by atoms with van der Waals surface area (Å²) >= 11 is 6.19. The first-order chi connectivity index (χ1) is 13.4. The summed E-state index contributed by atoms with van der Waals surface area (Å²) in [7, 11) is 1.77. The van der Waals surface area contributed by atoms with Crippen molar-refractivity contribution in [3.8, 4) is 0 Å². The topological polar surface area (TPSA) is 64.7 Å². The molecule has 1 amide bonds. The monoisotopic (exact) mass is 397 g/mol. The highest BCUT2D eigenvalue weighted by atomic mass is 35.5. The number of hydrogen-bond donors (Lipinski definition) is 1. The van der Waals surface area contributed by atoms with E-state index < -0.39 is 0 Å². The zero-order valence-corrected chi connectivity index (χ0v) is 17.3. The number of halogens is 1. The number of carbonyl (C=O) groups is 1. The first-order valence-corrected chi connectivity index (χ1v) is 9.46. The van der Waals surface area contributed by atoms with Gasteiger partial charge in [-0.2, -0.15) is 10.2 Å². The van der Waals surface area contributed by atoms with Crippen LogP contribution in [-0.4, -0.2) is 25.5 Å². The first-order valence-electron chi connectivity index (χ1n) is 9.08. The van der Waals surface area contributed by atoms with Crippen molar-refractivity contribution in [2.45, 2.75) is 33.9 Å². The Morgan fingerprint density at radius 1 is 1.14 bits per heavy atom. The van der Waals surface area contributed by atoms with E-state index in [1.165, 1.54) is 11.6 Å². The molecule has 0 fully saturated rings. The van der Waals surface area contributed by atoms with Crippen molar-refractivity contribution in [2.24, 2.45) is 7.05 Å². The number of carbonyl (C=O) groups excluding carboxylic acids is 1. The van der Waals surface area contributed by atoms with Gasteiger partial charge in [0.2, 0.25) is 5.91 Å². The van der Waals surface area contributed by atoms with E-state index in [0.29, 0.717) is 18.2 Å². The molecule has 0 spiro atoms. The number of aryl methyl sites for hydroxylation is 3. The highest BCUT2D eigenvalue weighted by molar-refractivity contribution is 6.31. The lowest BCUT2D eigenvalue weighted by Crippen LogP contribution is -2.21. The fraction of sp³-hybridized carbons (Fsp3) is 0.286. The standard InChI is InChI=1S/C21H24ClN5O/c1-14-18(21(22)26(4)24-14)10-11-20(28)23-12-19-15(2)25-27(16(19)3)13-17-8-6-5-7-9-17/h5-11H,12-13H2,1-4H3,(H,23,28)/b11-10+. The molecular formula is C21H24ClN5O. The van der Waals surface area contributed by atoms with Crippen LogP contribution in [0.2, 0.25) is 5.15 Å². The van der Waals surface area contributed by atoms with Crippen LogP contribution >= 0.6 is 11.6 Å². The molecule has 0 bridgehead atoms. The van der Waals surface area contributed by atoms with Gasteiger partial charge in [-0.1, -0.05) is 41.9 Å². The molecule has 1 N–H and O–H groups in total. The highest BCUT2D eigenvalue weighted by Gasteiger charge is 2.13. The minimum absolute atomic E-state index is 0.186.